The molecule has 0 amide bonds. The first-order valence-electron chi connectivity index (χ1n) is 5.49. The predicted octanol–water partition coefficient (Wildman–Crippen LogP) is 2.05. The van der Waals surface area contributed by atoms with E-state index >= 15 is 0 Å². The van der Waals surface area contributed by atoms with Gasteiger partial charge in [0.2, 0.25) is 0 Å². The van der Waals surface area contributed by atoms with E-state index < -0.39 is 0 Å². The van der Waals surface area contributed by atoms with Crippen LogP contribution >= 0.6 is 0 Å². The summed E-state index contributed by atoms with van der Waals surface area (Å²) in [5, 5.41) is 12.1. The second kappa shape index (κ2) is 4.46. The highest BCUT2D eigenvalue weighted by Gasteiger charge is 2.21. The monoisotopic (exact) mass is 200 g/mol. The van der Waals surface area contributed by atoms with Crippen molar-refractivity contribution in [2.75, 3.05) is 0 Å². The fraction of sp³-hybridized carbons (Fsp3) is 0.462. The van der Waals surface area contributed by atoms with Crippen molar-refractivity contribution in [1.29, 1.82) is 5.26 Å². The summed E-state index contributed by atoms with van der Waals surface area (Å²) < 4.78 is 0. The van der Waals surface area contributed by atoms with Gasteiger partial charge >= 0.3 is 0 Å². The summed E-state index contributed by atoms with van der Waals surface area (Å²) in [7, 11) is 0. The number of hydrogen-bond donors (Lipinski definition) is 1. The Kier molecular flexibility index (Phi) is 3.03. The molecule has 1 atom stereocenters. The first-order chi connectivity index (χ1) is 7.29. The number of benzene rings is 1. The van der Waals surface area contributed by atoms with Crippen LogP contribution in [0.4, 0.5) is 0 Å². The van der Waals surface area contributed by atoms with Crippen molar-refractivity contribution in [3.8, 4) is 6.07 Å². The highest BCUT2D eigenvalue weighted by molar-refractivity contribution is 5.33. The smallest absolute Gasteiger partial charge is 0.0638 e. The average Bonchev–Trinajstić information content (AvgIpc) is 2.59. The SMILES string of the molecule is CC(CC#N)NC1Cc2ccccc2C1. The molecule has 1 N–H and O–H groups in total. The molecule has 2 nitrogen and oxygen atoms in total. The van der Waals surface area contributed by atoms with E-state index in [1.807, 2.05) is 0 Å². The summed E-state index contributed by atoms with van der Waals surface area (Å²) >= 11 is 0. The largest absolute Gasteiger partial charge is 0.310 e. The van der Waals surface area contributed by atoms with E-state index in [-0.39, 0.29) is 0 Å². The van der Waals surface area contributed by atoms with Gasteiger partial charge in [-0.3, -0.25) is 0 Å². The fourth-order valence-corrected chi connectivity index (χ4v) is 2.27. The molecular formula is C13H16N2. The maximum atomic E-state index is 8.59. The van der Waals surface area contributed by atoms with Crippen LogP contribution in [0.15, 0.2) is 24.3 Å². The van der Waals surface area contributed by atoms with Gasteiger partial charge < -0.3 is 5.32 Å². The van der Waals surface area contributed by atoms with Crippen LogP contribution in [-0.4, -0.2) is 12.1 Å². The molecule has 0 fully saturated rings. The lowest BCUT2D eigenvalue weighted by Gasteiger charge is -2.16. The molecule has 78 valence electrons. The maximum Gasteiger partial charge on any atom is 0.0638 e. The molecule has 1 aliphatic rings. The van der Waals surface area contributed by atoms with Gasteiger partial charge in [0, 0.05) is 12.1 Å². The van der Waals surface area contributed by atoms with Gasteiger partial charge in [-0.1, -0.05) is 24.3 Å². The van der Waals surface area contributed by atoms with Gasteiger partial charge in [-0.15, -0.1) is 0 Å². The van der Waals surface area contributed by atoms with Crippen LogP contribution in [0.3, 0.4) is 0 Å². The van der Waals surface area contributed by atoms with Crippen molar-refractivity contribution in [3.63, 3.8) is 0 Å². The van der Waals surface area contributed by atoms with Crippen LogP contribution in [0.1, 0.15) is 24.5 Å². The molecule has 1 aromatic carbocycles. The Bertz CT molecular complexity index is 353. The summed E-state index contributed by atoms with van der Waals surface area (Å²) in [6.45, 7) is 2.08. The van der Waals surface area contributed by atoms with E-state index in [2.05, 4.69) is 42.6 Å². The number of fused-ring (bicyclic) bond motifs is 1. The molecule has 0 spiro atoms. The van der Waals surface area contributed by atoms with Crippen molar-refractivity contribution in [2.24, 2.45) is 0 Å². The minimum absolute atomic E-state index is 0.300. The Morgan fingerprint density at radius 2 is 2.00 bits per heavy atom. The third-order valence-corrected chi connectivity index (χ3v) is 2.97. The van der Waals surface area contributed by atoms with Gasteiger partial charge in [0.05, 0.1) is 12.5 Å². The van der Waals surface area contributed by atoms with Crippen LogP contribution in [0, 0.1) is 11.3 Å². The molecule has 0 bridgehead atoms. The van der Waals surface area contributed by atoms with Crippen LogP contribution in [0.5, 0.6) is 0 Å². The molecule has 0 radical (unpaired) electrons. The Hall–Kier alpha value is -1.33. The molecular weight excluding hydrogens is 184 g/mol. The fourth-order valence-electron chi connectivity index (χ4n) is 2.27. The number of nitriles is 1. The summed E-state index contributed by atoms with van der Waals surface area (Å²) in [4.78, 5) is 0. The molecule has 0 saturated carbocycles. The summed E-state index contributed by atoms with van der Waals surface area (Å²) in [6.07, 6.45) is 2.80. The summed E-state index contributed by atoms with van der Waals surface area (Å²) in [6, 6.07) is 11.6. The van der Waals surface area contributed by atoms with Crippen molar-refractivity contribution < 1.29 is 0 Å². The van der Waals surface area contributed by atoms with Crippen molar-refractivity contribution in [3.05, 3.63) is 35.4 Å². The molecule has 1 aliphatic carbocycles. The topological polar surface area (TPSA) is 35.8 Å². The van der Waals surface area contributed by atoms with E-state index in [0.717, 1.165) is 12.8 Å². The molecule has 0 aromatic heterocycles. The minimum atomic E-state index is 0.300. The third-order valence-electron chi connectivity index (χ3n) is 2.97. The second-order valence-electron chi connectivity index (χ2n) is 4.30. The lowest BCUT2D eigenvalue weighted by Crippen LogP contribution is -2.36. The quantitative estimate of drug-likeness (QED) is 0.810. The first-order valence-corrected chi connectivity index (χ1v) is 5.49. The Morgan fingerprint density at radius 1 is 1.40 bits per heavy atom. The van der Waals surface area contributed by atoms with Gasteiger partial charge in [-0.05, 0) is 30.9 Å². The van der Waals surface area contributed by atoms with E-state index in [1.165, 1.54) is 11.1 Å². The van der Waals surface area contributed by atoms with Gasteiger partial charge in [0.25, 0.3) is 0 Å². The van der Waals surface area contributed by atoms with Gasteiger partial charge in [0.1, 0.15) is 0 Å². The summed E-state index contributed by atoms with van der Waals surface area (Å²) in [5.41, 5.74) is 2.92. The highest BCUT2D eigenvalue weighted by Crippen LogP contribution is 2.21. The molecule has 15 heavy (non-hydrogen) atoms. The van der Waals surface area contributed by atoms with Crippen molar-refractivity contribution in [1.82, 2.24) is 5.32 Å². The number of hydrogen-bond acceptors (Lipinski definition) is 2. The Morgan fingerprint density at radius 3 is 2.53 bits per heavy atom. The molecule has 2 heteroatoms. The van der Waals surface area contributed by atoms with E-state index in [0.29, 0.717) is 18.5 Å². The maximum absolute atomic E-state index is 8.59. The lowest BCUT2D eigenvalue weighted by atomic mass is 10.1. The van der Waals surface area contributed by atoms with E-state index in [1.54, 1.807) is 0 Å². The standard InChI is InChI=1S/C13H16N2/c1-10(6-7-14)15-13-8-11-4-2-3-5-12(11)9-13/h2-5,10,13,15H,6,8-9H2,1H3. The van der Waals surface area contributed by atoms with Gasteiger partial charge in [-0.2, -0.15) is 5.26 Å². The zero-order valence-corrected chi connectivity index (χ0v) is 9.03. The Balaban J connectivity index is 1.93. The number of rotatable bonds is 3. The second-order valence-corrected chi connectivity index (χ2v) is 4.30. The Labute approximate surface area is 90.9 Å². The normalized spacial score (nSPS) is 17.1. The van der Waals surface area contributed by atoms with E-state index in [9.17, 15) is 0 Å². The van der Waals surface area contributed by atoms with Crippen LogP contribution in [-0.2, 0) is 12.8 Å². The summed E-state index contributed by atoms with van der Waals surface area (Å²) in [5.74, 6) is 0. The number of nitrogens with one attached hydrogen (secondary N) is 1. The molecule has 2 rings (SSSR count). The number of nitrogens with zero attached hydrogens (tertiary/aromatic N) is 1. The molecule has 0 aliphatic heterocycles. The average molecular weight is 200 g/mol. The zero-order valence-electron chi connectivity index (χ0n) is 9.03. The first kappa shape index (κ1) is 10.2. The van der Waals surface area contributed by atoms with Gasteiger partial charge in [-0.25, -0.2) is 0 Å². The van der Waals surface area contributed by atoms with Gasteiger partial charge in [0.15, 0.2) is 0 Å². The van der Waals surface area contributed by atoms with Crippen LogP contribution in [0.25, 0.3) is 0 Å². The zero-order chi connectivity index (χ0) is 10.7. The highest BCUT2D eigenvalue weighted by atomic mass is 14.9. The third kappa shape index (κ3) is 2.37. The lowest BCUT2D eigenvalue weighted by molar-refractivity contribution is 0.460. The molecule has 0 saturated heterocycles. The van der Waals surface area contributed by atoms with Crippen molar-refractivity contribution >= 4 is 0 Å². The van der Waals surface area contributed by atoms with Crippen LogP contribution < -0.4 is 5.32 Å². The molecule has 0 heterocycles. The minimum Gasteiger partial charge on any atom is -0.310 e. The van der Waals surface area contributed by atoms with Crippen molar-refractivity contribution in [2.45, 2.75) is 38.3 Å². The van der Waals surface area contributed by atoms with E-state index in [4.69, 9.17) is 5.26 Å². The van der Waals surface area contributed by atoms with Crippen LogP contribution in [0.2, 0.25) is 0 Å². The molecule has 1 unspecified atom stereocenters. The molecule has 1 aromatic rings. The predicted molar refractivity (Wildman–Crippen MR) is 60.5 cm³/mol.